The molecule has 1 nitrogen and oxygen atoms in total. The van der Waals surface area contributed by atoms with Crippen LogP contribution in [0.1, 0.15) is 19.4 Å². The summed E-state index contributed by atoms with van der Waals surface area (Å²) >= 11 is 3.55. The summed E-state index contributed by atoms with van der Waals surface area (Å²) in [5.41, 5.74) is 1.32. The van der Waals surface area contributed by atoms with E-state index in [1.165, 1.54) is 10.5 Å². The first-order valence-corrected chi connectivity index (χ1v) is 7.33. The molecule has 0 heterocycles. The lowest BCUT2D eigenvalue weighted by molar-refractivity contribution is 0.196. The number of benzene rings is 1. The van der Waals surface area contributed by atoms with Crippen LogP contribution < -0.4 is 0 Å². The third-order valence-electron chi connectivity index (χ3n) is 2.35. The van der Waals surface area contributed by atoms with Crippen LogP contribution in [-0.4, -0.2) is 22.7 Å². The van der Waals surface area contributed by atoms with E-state index < -0.39 is 0 Å². The number of hydrogen-bond acceptors (Lipinski definition) is 3. The van der Waals surface area contributed by atoms with Gasteiger partial charge < -0.3 is 5.11 Å². The topological polar surface area (TPSA) is 20.2 Å². The van der Waals surface area contributed by atoms with E-state index in [1.54, 1.807) is 23.5 Å². The Balaban J connectivity index is 2.44. The van der Waals surface area contributed by atoms with Crippen molar-refractivity contribution in [3.8, 4) is 0 Å². The van der Waals surface area contributed by atoms with Crippen molar-refractivity contribution in [1.82, 2.24) is 0 Å². The fourth-order valence-corrected chi connectivity index (χ4v) is 2.42. The Labute approximate surface area is 101 Å². The van der Waals surface area contributed by atoms with E-state index in [0.29, 0.717) is 5.25 Å². The minimum Gasteiger partial charge on any atom is -0.392 e. The molecule has 0 spiro atoms. The number of aliphatic hydroxyl groups is 1. The molecule has 0 aromatic heterocycles. The molecule has 15 heavy (non-hydrogen) atoms. The first-order valence-electron chi connectivity index (χ1n) is 5.06. The van der Waals surface area contributed by atoms with Crippen LogP contribution in [0.25, 0.3) is 0 Å². The van der Waals surface area contributed by atoms with Crippen LogP contribution in [0.4, 0.5) is 0 Å². The van der Waals surface area contributed by atoms with Gasteiger partial charge in [0.15, 0.2) is 0 Å². The molecule has 0 aliphatic heterocycles. The van der Waals surface area contributed by atoms with Gasteiger partial charge in [-0.05, 0) is 30.9 Å². The highest BCUT2D eigenvalue weighted by Gasteiger charge is 2.08. The van der Waals surface area contributed by atoms with Crippen molar-refractivity contribution in [2.75, 3.05) is 6.26 Å². The zero-order valence-electron chi connectivity index (χ0n) is 9.43. The summed E-state index contributed by atoms with van der Waals surface area (Å²) < 4.78 is 0. The molecule has 1 aromatic rings. The lowest BCUT2D eigenvalue weighted by Crippen LogP contribution is -2.15. The van der Waals surface area contributed by atoms with Gasteiger partial charge in [0.1, 0.15) is 0 Å². The standard InChI is InChI=1S/C12H18OS2/c1-9(13)10(2)15-8-11-4-6-12(14-3)7-5-11/h4-7,9-10,13H,8H2,1-3H3. The highest BCUT2D eigenvalue weighted by molar-refractivity contribution is 7.99. The molecule has 84 valence electrons. The fraction of sp³-hybridized carbons (Fsp3) is 0.500. The van der Waals surface area contributed by atoms with Crippen LogP contribution in [0.2, 0.25) is 0 Å². The van der Waals surface area contributed by atoms with Crippen LogP contribution in [0.5, 0.6) is 0 Å². The Bertz CT molecular complexity index is 282. The molecule has 0 aliphatic carbocycles. The van der Waals surface area contributed by atoms with Crippen molar-refractivity contribution < 1.29 is 5.11 Å². The van der Waals surface area contributed by atoms with Gasteiger partial charge in [0, 0.05) is 15.9 Å². The minimum atomic E-state index is -0.236. The smallest absolute Gasteiger partial charge is 0.0628 e. The Morgan fingerprint density at radius 3 is 2.27 bits per heavy atom. The molecule has 0 amide bonds. The molecule has 0 saturated carbocycles. The second-order valence-corrected chi connectivity index (χ2v) is 5.85. The number of hydrogen-bond donors (Lipinski definition) is 1. The summed E-state index contributed by atoms with van der Waals surface area (Å²) in [6.07, 6.45) is 1.85. The first-order chi connectivity index (χ1) is 7.13. The third kappa shape index (κ3) is 4.49. The van der Waals surface area contributed by atoms with E-state index >= 15 is 0 Å². The van der Waals surface area contributed by atoms with Gasteiger partial charge in [-0.3, -0.25) is 0 Å². The van der Waals surface area contributed by atoms with E-state index in [2.05, 4.69) is 37.4 Å². The average Bonchev–Trinajstić information content (AvgIpc) is 2.26. The minimum absolute atomic E-state index is 0.236. The molecule has 1 rings (SSSR count). The highest BCUT2D eigenvalue weighted by atomic mass is 32.2. The van der Waals surface area contributed by atoms with Crippen molar-refractivity contribution in [3.63, 3.8) is 0 Å². The van der Waals surface area contributed by atoms with E-state index in [0.717, 1.165) is 5.75 Å². The van der Waals surface area contributed by atoms with Crippen LogP contribution in [0, 0.1) is 0 Å². The van der Waals surface area contributed by atoms with Crippen molar-refractivity contribution in [2.24, 2.45) is 0 Å². The maximum atomic E-state index is 9.36. The van der Waals surface area contributed by atoms with Gasteiger partial charge in [-0.25, -0.2) is 0 Å². The number of rotatable bonds is 5. The van der Waals surface area contributed by atoms with E-state index in [-0.39, 0.29) is 6.10 Å². The Morgan fingerprint density at radius 1 is 1.20 bits per heavy atom. The Morgan fingerprint density at radius 2 is 1.80 bits per heavy atom. The lowest BCUT2D eigenvalue weighted by Gasteiger charge is -2.13. The maximum absolute atomic E-state index is 9.36. The van der Waals surface area contributed by atoms with Crippen molar-refractivity contribution in [3.05, 3.63) is 29.8 Å². The molecule has 2 unspecified atom stereocenters. The van der Waals surface area contributed by atoms with Crippen molar-refractivity contribution in [1.29, 1.82) is 0 Å². The van der Waals surface area contributed by atoms with E-state index in [9.17, 15) is 5.11 Å². The van der Waals surface area contributed by atoms with Crippen LogP contribution in [0.15, 0.2) is 29.2 Å². The summed E-state index contributed by atoms with van der Waals surface area (Å²) in [6.45, 7) is 3.90. The fourth-order valence-electron chi connectivity index (χ4n) is 1.09. The number of thioether (sulfide) groups is 2. The second kappa shape index (κ2) is 6.46. The van der Waals surface area contributed by atoms with Gasteiger partial charge in [0.05, 0.1) is 6.10 Å². The summed E-state index contributed by atoms with van der Waals surface area (Å²) in [4.78, 5) is 1.30. The van der Waals surface area contributed by atoms with Crippen LogP contribution in [0.3, 0.4) is 0 Å². The van der Waals surface area contributed by atoms with Crippen LogP contribution >= 0.6 is 23.5 Å². The zero-order chi connectivity index (χ0) is 11.3. The maximum Gasteiger partial charge on any atom is 0.0628 e. The molecule has 2 atom stereocenters. The Hall–Kier alpha value is -0.120. The average molecular weight is 242 g/mol. The predicted octanol–water partition coefficient (Wildman–Crippen LogP) is 3.41. The summed E-state index contributed by atoms with van der Waals surface area (Å²) in [6, 6.07) is 8.61. The van der Waals surface area contributed by atoms with Gasteiger partial charge in [-0.15, -0.1) is 11.8 Å². The van der Waals surface area contributed by atoms with Crippen molar-refractivity contribution in [2.45, 2.75) is 35.8 Å². The SMILES string of the molecule is CSc1ccc(CSC(C)C(C)O)cc1. The molecule has 1 aromatic carbocycles. The summed E-state index contributed by atoms with van der Waals surface area (Å²) in [7, 11) is 0. The molecule has 0 bridgehead atoms. The quantitative estimate of drug-likeness (QED) is 0.799. The van der Waals surface area contributed by atoms with Gasteiger partial charge in [-0.2, -0.15) is 11.8 Å². The zero-order valence-corrected chi connectivity index (χ0v) is 11.1. The summed E-state index contributed by atoms with van der Waals surface area (Å²) in [5.74, 6) is 0.973. The Kier molecular flexibility index (Phi) is 5.58. The van der Waals surface area contributed by atoms with E-state index in [1.807, 2.05) is 6.92 Å². The van der Waals surface area contributed by atoms with Crippen molar-refractivity contribution >= 4 is 23.5 Å². The monoisotopic (exact) mass is 242 g/mol. The van der Waals surface area contributed by atoms with Gasteiger partial charge >= 0.3 is 0 Å². The van der Waals surface area contributed by atoms with Crippen LogP contribution in [-0.2, 0) is 5.75 Å². The largest absolute Gasteiger partial charge is 0.392 e. The second-order valence-electron chi connectivity index (χ2n) is 3.60. The molecular formula is C12H18OS2. The predicted molar refractivity (Wildman–Crippen MR) is 70.7 cm³/mol. The summed E-state index contributed by atoms with van der Waals surface area (Å²) in [5, 5.41) is 9.65. The number of aliphatic hydroxyl groups excluding tert-OH is 1. The first kappa shape index (κ1) is 12.9. The molecule has 0 aliphatic rings. The van der Waals surface area contributed by atoms with Gasteiger partial charge in [-0.1, -0.05) is 19.1 Å². The van der Waals surface area contributed by atoms with E-state index in [4.69, 9.17) is 0 Å². The lowest BCUT2D eigenvalue weighted by atomic mass is 10.2. The molecular weight excluding hydrogens is 224 g/mol. The molecule has 0 radical (unpaired) electrons. The third-order valence-corrected chi connectivity index (χ3v) is 4.51. The van der Waals surface area contributed by atoms with Gasteiger partial charge in [0.2, 0.25) is 0 Å². The molecule has 3 heteroatoms. The molecule has 1 N–H and O–H groups in total. The normalized spacial score (nSPS) is 14.9. The molecule has 0 fully saturated rings. The highest BCUT2D eigenvalue weighted by Crippen LogP contribution is 2.22. The van der Waals surface area contributed by atoms with Gasteiger partial charge in [0.25, 0.3) is 0 Å². The molecule has 0 saturated heterocycles.